The highest BCUT2D eigenvalue weighted by atomic mass is 14.7. The van der Waals surface area contributed by atoms with Crippen molar-refractivity contribution in [1.29, 1.82) is 0 Å². The van der Waals surface area contributed by atoms with Gasteiger partial charge in [0, 0.05) is 49.2 Å². The largest absolute Gasteiger partial charge is 0.247 e. The molecule has 2 heterocycles. The van der Waals surface area contributed by atoms with Crippen LogP contribution in [0.2, 0.25) is 0 Å². The summed E-state index contributed by atoms with van der Waals surface area (Å²) in [6, 6.07) is 56.9. The summed E-state index contributed by atoms with van der Waals surface area (Å²) in [7, 11) is 0. The maximum atomic E-state index is 5.50. The Morgan fingerprint density at radius 1 is 0.442 bits per heavy atom. The zero-order valence-corrected chi connectivity index (χ0v) is 28.4. The zero-order chi connectivity index (χ0) is 34.2. The molecule has 242 valence electrons. The molecule has 1 atom stereocenters. The Bertz CT molecular complexity index is 3150. The summed E-state index contributed by atoms with van der Waals surface area (Å²) in [5, 5.41) is 14.8. The molecule has 0 spiro atoms. The number of hydrogen-bond donors (Lipinski definition) is 0. The average Bonchev–Trinajstić information content (AvgIpc) is 3.22. The Labute approximate surface area is 301 Å². The predicted octanol–water partition coefficient (Wildman–Crippen LogP) is 13.3. The average molecular weight is 661 g/mol. The van der Waals surface area contributed by atoms with Gasteiger partial charge in [-0.15, -0.1) is 0 Å². The molecular formula is C50H32N2. The third kappa shape index (κ3) is 4.37. The lowest BCUT2D eigenvalue weighted by atomic mass is 9.83. The minimum absolute atomic E-state index is 0.210. The van der Waals surface area contributed by atoms with E-state index >= 15 is 0 Å². The summed E-state index contributed by atoms with van der Waals surface area (Å²) >= 11 is 0. The van der Waals surface area contributed by atoms with Gasteiger partial charge in [-0.2, -0.15) is 0 Å². The number of nitrogens with zero attached hydrogens (tertiary/aromatic N) is 2. The van der Waals surface area contributed by atoms with Crippen molar-refractivity contribution in [2.45, 2.75) is 12.3 Å². The first-order valence-electron chi connectivity index (χ1n) is 18.1. The van der Waals surface area contributed by atoms with Crippen LogP contribution in [0.15, 0.2) is 176 Å². The van der Waals surface area contributed by atoms with Crippen molar-refractivity contribution in [1.82, 2.24) is 9.97 Å². The van der Waals surface area contributed by atoms with Crippen molar-refractivity contribution < 1.29 is 0 Å². The molecule has 0 aliphatic heterocycles. The van der Waals surface area contributed by atoms with E-state index in [4.69, 9.17) is 9.97 Å². The van der Waals surface area contributed by atoms with Gasteiger partial charge in [0.15, 0.2) is 0 Å². The number of fused-ring (bicyclic) bond motifs is 12. The molecule has 1 unspecified atom stereocenters. The van der Waals surface area contributed by atoms with Crippen LogP contribution in [-0.4, -0.2) is 9.97 Å². The van der Waals surface area contributed by atoms with Crippen LogP contribution in [0, 0.1) is 0 Å². The second-order valence-electron chi connectivity index (χ2n) is 14.0. The molecule has 0 saturated heterocycles. The number of pyridine rings is 2. The molecule has 2 heteroatoms. The van der Waals surface area contributed by atoms with E-state index in [-0.39, 0.29) is 5.92 Å². The van der Waals surface area contributed by atoms with Gasteiger partial charge in [-0.3, -0.25) is 0 Å². The molecule has 11 rings (SSSR count). The molecule has 1 aliphatic rings. The number of hydrogen-bond acceptors (Lipinski definition) is 2. The third-order valence-electron chi connectivity index (χ3n) is 11.1. The molecule has 2 aromatic heterocycles. The Morgan fingerprint density at radius 3 is 1.87 bits per heavy atom. The Hall–Kier alpha value is -6.64. The molecule has 8 aromatic carbocycles. The van der Waals surface area contributed by atoms with Gasteiger partial charge >= 0.3 is 0 Å². The van der Waals surface area contributed by atoms with E-state index in [1.165, 1.54) is 75.8 Å². The molecule has 2 nitrogen and oxygen atoms in total. The van der Waals surface area contributed by atoms with Crippen molar-refractivity contribution in [3.05, 3.63) is 187 Å². The monoisotopic (exact) mass is 660 g/mol. The van der Waals surface area contributed by atoms with Crippen LogP contribution < -0.4 is 0 Å². The summed E-state index contributed by atoms with van der Waals surface area (Å²) in [5.74, 6) is 0.210. The van der Waals surface area contributed by atoms with Crippen LogP contribution in [0.3, 0.4) is 0 Å². The molecule has 0 amide bonds. The standard InChI is InChI=1S/C50H32N2/c1-2-14-34(15-3-1)49-44-30-43(38-18-8-9-19-39(38)47(44)40-20-10-11-21-45(40)51-49)33-22-24-35(25-23-33)48-41-28-26-31-12-4-6-16-36(31)46(41)42-29-27-32-13-5-7-17-37(32)50(42)52-48/h1-22,24-30,33H,23H2. The molecule has 1 aliphatic carbocycles. The normalized spacial score (nSPS) is 14.7. The highest BCUT2D eigenvalue weighted by Gasteiger charge is 2.22. The minimum Gasteiger partial charge on any atom is -0.247 e. The van der Waals surface area contributed by atoms with Gasteiger partial charge in [-0.25, -0.2) is 9.97 Å². The van der Waals surface area contributed by atoms with E-state index in [1.54, 1.807) is 0 Å². The van der Waals surface area contributed by atoms with Crippen LogP contribution >= 0.6 is 0 Å². The van der Waals surface area contributed by atoms with Crippen LogP contribution in [-0.2, 0) is 0 Å². The van der Waals surface area contributed by atoms with E-state index in [1.807, 2.05) is 0 Å². The molecule has 0 radical (unpaired) electrons. The number of aromatic nitrogens is 2. The van der Waals surface area contributed by atoms with Crippen LogP contribution in [0.4, 0.5) is 0 Å². The summed E-state index contributed by atoms with van der Waals surface area (Å²) < 4.78 is 0. The zero-order valence-electron chi connectivity index (χ0n) is 28.4. The topological polar surface area (TPSA) is 25.8 Å². The van der Waals surface area contributed by atoms with E-state index in [2.05, 4.69) is 176 Å². The summed E-state index contributed by atoms with van der Waals surface area (Å²) in [4.78, 5) is 10.8. The Kier molecular flexibility index (Phi) is 6.41. The molecule has 52 heavy (non-hydrogen) atoms. The van der Waals surface area contributed by atoms with Gasteiger partial charge in [0.05, 0.1) is 22.4 Å². The fourth-order valence-corrected chi connectivity index (χ4v) is 8.72. The molecule has 10 aromatic rings. The van der Waals surface area contributed by atoms with Gasteiger partial charge < -0.3 is 0 Å². The van der Waals surface area contributed by atoms with Crippen LogP contribution in [0.5, 0.6) is 0 Å². The van der Waals surface area contributed by atoms with Gasteiger partial charge in [-0.1, -0.05) is 164 Å². The molecule has 0 saturated carbocycles. The highest BCUT2D eigenvalue weighted by molar-refractivity contribution is 6.26. The summed E-state index contributed by atoms with van der Waals surface area (Å²) in [6.45, 7) is 0. The smallest absolute Gasteiger partial charge is 0.0794 e. The van der Waals surface area contributed by atoms with Crippen molar-refractivity contribution in [2.24, 2.45) is 0 Å². The summed E-state index contributed by atoms with van der Waals surface area (Å²) in [5.41, 5.74) is 7.80. The third-order valence-corrected chi connectivity index (χ3v) is 11.1. The Morgan fingerprint density at radius 2 is 1.08 bits per heavy atom. The van der Waals surface area contributed by atoms with E-state index in [0.717, 1.165) is 34.4 Å². The molecule has 0 bridgehead atoms. The molecule has 0 N–H and O–H groups in total. The second kappa shape index (κ2) is 11.4. The van der Waals surface area contributed by atoms with E-state index in [0.29, 0.717) is 0 Å². The van der Waals surface area contributed by atoms with Gasteiger partial charge in [0.1, 0.15) is 0 Å². The summed E-state index contributed by atoms with van der Waals surface area (Å²) in [6.07, 6.45) is 8.01. The van der Waals surface area contributed by atoms with E-state index in [9.17, 15) is 0 Å². The fraction of sp³-hybridized carbons (Fsp3) is 0.0400. The van der Waals surface area contributed by atoms with Crippen LogP contribution in [0.1, 0.15) is 23.6 Å². The van der Waals surface area contributed by atoms with Crippen molar-refractivity contribution in [2.75, 3.05) is 0 Å². The second-order valence-corrected chi connectivity index (χ2v) is 14.0. The van der Waals surface area contributed by atoms with Crippen molar-refractivity contribution >= 4 is 81.2 Å². The lowest BCUT2D eigenvalue weighted by Crippen LogP contribution is -2.03. The van der Waals surface area contributed by atoms with Gasteiger partial charge in [-0.05, 0) is 56.6 Å². The predicted molar refractivity (Wildman–Crippen MR) is 221 cm³/mol. The first-order valence-corrected chi connectivity index (χ1v) is 18.1. The first-order chi connectivity index (χ1) is 25.8. The number of benzene rings is 8. The number of rotatable bonds is 3. The SMILES string of the molecule is C1=CC(c2cc3c(-c4ccccc4)nc4ccccc4c3c3ccccc23)CC=C1c1nc2c3ccccc3ccc2c2c1ccc1ccccc12. The van der Waals surface area contributed by atoms with Gasteiger partial charge in [0.25, 0.3) is 0 Å². The van der Waals surface area contributed by atoms with Gasteiger partial charge in [0.2, 0.25) is 0 Å². The van der Waals surface area contributed by atoms with Crippen molar-refractivity contribution in [3.63, 3.8) is 0 Å². The van der Waals surface area contributed by atoms with Crippen molar-refractivity contribution in [3.8, 4) is 11.3 Å². The molecule has 0 fully saturated rings. The lowest BCUT2D eigenvalue weighted by Gasteiger charge is -2.22. The maximum Gasteiger partial charge on any atom is 0.0794 e. The number of allylic oxidation sites excluding steroid dienone is 4. The first kappa shape index (κ1) is 29.1. The quantitative estimate of drug-likeness (QED) is 0.176. The minimum atomic E-state index is 0.210. The highest BCUT2D eigenvalue weighted by Crippen LogP contribution is 2.44. The van der Waals surface area contributed by atoms with Crippen LogP contribution in [0.25, 0.3) is 92.5 Å². The lowest BCUT2D eigenvalue weighted by molar-refractivity contribution is 0.866. The molecular weight excluding hydrogens is 629 g/mol. The number of para-hydroxylation sites is 1. The fourth-order valence-electron chi connectivity index (χ4n) is 8.72. The Balaban J connectivity index is 1.11. The maximum absolute atomic E-state index is 5.50. The van der Waals surface area contributed by atoms with E-state index < -0.39 is 0 Å².